The predicted octanol–water partition coefficient (Wildman–Crippen LogP) is 4.44. The Bertz CT molecular complexity index is 1260. The van der Waals surface area contributed by atoms with Crippen LogP contribution in [0.25, 0.3) is 11.4 Å². The summed E-state index contributed by atoms with van der Waals surface area (Å²) in [5, 5.41) is 4.65. The molecule has 0 saturated carbocycles. The molecule has 5 rings (SSSR count). The molecule has 2 aliphatic rings. The molecule has 2 aliphatic heterocycles. The van der Waals surface area contributed by atoms with Crippen LogP contribution in [0.5, 0.6) is 0 Å². The molecule has 11 heteroatoms. The Balaban J connectivity index is 1.19. The van der Waals surface area contributed by atoms with Gasteiger partial charge in [0.2, 0.25) is 0 Å². The van der Waals surface area contributed by atoms with Crippen molar-refractivity contribution in [3.05, 3.63) is 62.4 Å². The molecule has 3 aromatic rings. The van der Waals surface area contributed by atoms with Crippen molar-refractivity contribution < 1.29 is 8.91 Å². The highest BCUT2D eigenvalue weighted by atomic mass is 35.5. The van der Waals surface area contributed by atoms with Crippen LogP contribution < -0.4 is 10.7 Å². The summed E-state index contributed by atoms with van der Waals surface area (Å²) >= 11 is 12.5. The Morgan fingerprint density at radius 3 is 2.64 bits per heavy atom. The van der Waals surface area contributed by atoms with Crippen molar-refractivity contribution in [3.8, 4) is 11.4 Å². The smallest absolute Gasteiger partial charge is 0.353 e. The first-order valence-corrected chi connectivity index (χ1v) is 13.1. The van der Waals surface area contributed by atoms with Crippen molar-refractivity contribution in [2.75, 3.05) is 37.6 Å². The van der Waals surface area contributed by atoms with E-state index < -0.39 is 5.76 Å². The van der Waals surface area contributed by atoms with Crippen LogP contribution in [-0.4, -0.2) is 69.7 Å². The number of nitrogens with zero attached hydrogens (tertiary/aromatic N) is 5. The summed E-state index contributed by atoms with van der Waals surface area (Å²) in [5.41, 5.74) is 1.30. The first-order chi connectivity index (χ1) is 17.4. The van der Waals surface area contributed by atoms with Gasteiger partial charge in [0.05, 0.1) is 5.02 Å². The Morgan fingerprint density at radius 2 is 1.97 bits per heavy atom. The number of likely N-dealkylation sites (tertiary alicyclic amines) is 1. The number of hydrogen-bond donors (Lipinski definition) is 1. The van der Waals surface area contributed by atoms with Crippen molar-refractivity contribution in [1.82, 2.24) is 24.9 Å². The van der Waals surface area contributed by atoms with E-state index in [0.29, 0.717) is 45.6 Å². The summed E-state index contributed by atoms with van der Waals surface area (Å²) < 4.78 is 18.8. The molecular formula is C25H29Cl2FN6O2. The number of benzene rings is 1. The summed E-state index contributed by atoms with van der Waals surface area (Å²) in [5.74, 6) is 0.197. The molecule has 192 valence electrons. The zero-order valence-electron chi connectivity index (χ0n) is 20.1. The summed E-state index contributed by atoms with van der Waals surface area (Å²) in [4.78, 5) is 25.5. The molecule has 0 aliphatic carbocycles. The highest BCUT2D eigenvalue weighted by Crippen LogP contribution is 2.31. The van der Waals surface area contributed by atoms with E-state index in [1.165, 1.54) is 6.07 Å². The molecule has 1 aromatic carbocycles. The van der Waals surface area contributed by atoms with Crippen molar-refractivity contribution in [2.45, 2.75) is 44.8 Å². The van der Waals surface area contributed by atoms with Crippen LogP contribution in [0.4, 0.5) is 10.2 Å². The third-order valence-corrected chi connectivity index (χ3v) is 7.78. The van der Waals surface area contributed by atoms with E-state index in [1.54, 1.807) is 24.4 Å². The summed E-state index contributed by atoms with van der Waals surface area (Å²) in [6, 6.07) is 7.59. The third-order valence-electron chi connectivity index (χ3n) is 7.27. The normalized spacial score (nSPS) is 20.2. The number of halogens is 3. The van der Waals surface area contributed by atoms with Gasteiger partial charge in [-0.05, 0) is 50.6 Å². The van der Waals surface area contributed by atoms with Gasteiger partial charge in [0.1, 0.15) is 11.6 Å². The fourth-order valence-corrected chi connectivity index (χ4v) is 5.80. The maximum absolute atomic E-state index is 14.2. The number of pyridine rings is 1. The van der Waals surface area contributed by atoms with Gasteiger partial charge in [0, 0.05) is 60.6 Å². The molecule has 0 spiro atoms. The number of H-pyrrole nitrogens is 1. The second-order valence-corrected chi connectivity index (χ2v) is 10.3. The lowest BCUT2D eigenvalue weighted by atomic mass is 9.97. The average molecular weight is 535 g/mol. The highest BCUT2D eigenvalue weighted by Gasteiger charge is 2.34. The SMILES string of the molecule is CC[C@H]1CN(c2ncc(-c3noc(=O)[nH]3)cc2Cl)CCN1C1CCN(Cc2ccc(Cl)cc2F)CC1. The minimum Gasteiger partial charge on any atom is -0.353 e. The number of anilines is 1. The molecule has 1 atom stereocenters. The van der Waals surface area contributed by atoms with E-state index in [4.69, 9.17) is 23.2 Å². The van der Waals surface area contributed by atoms with Gasteiger partial charge < -0.3 is 4.90 Å². The van der Waals surface area contributed by atoms with E-state index in [0.717, 1.165) is 57.8 Å². The maximum Gasteiger partial charge on any atom is 0.439 e. The van der Waals surface area contributed by atoms with Crippen LogP contribution in [0.1, 0.15) is 31.7 Å². The Morgan fingerprint density at radius 1 is 1.17 bits per heavy atom. The van der Waals surface area contributed by atoms with Gasteiger partial charge in [-0.2, -0.15) is 0 Å². The second-order valence-electron chi connectivity index (χ2n) is 9.46. The topological polar surface area (TPSA) is 81.5 Å². The van der Waals surface area contributed by atoms with Crippen LogP contribution in [0.15, 0.2) is 39.8 Å². The monoisotopic (exact) mass is 534 g/mol. The molecule has 2 saturated heterocycles. The van der Waals surface area contributed by atoms with Crippen molar-refractivity contribution in [3.63, 3.8) is 0 Å². The van der Waals surface area contributed by atoms with Crippen molar-refractivity contribution in [1.29, 1.82) is 0 Å². The van der Waals surface area contributed by atoms with Gasteiger partial charge in [-0.25, -0.2) is 14.2 Å². The van der Waals surface area contributed by atoms with Gasteiger partial charge in [0.15, 0.2) is 5.82 Å². The molecule has 2 fully saturated rings. The summed E-state index contributed by atoms with van der Waals surface area (Å²) in [6.45, 7) is 7.34. The lowest BCUT2D eigenvalue weighted by Gasteiger charge is -2.47. The molecule has 2 aromatic heterocycles. The molecular weight excluding hydrogens is 506 g/mol. The molecule has 4 heterocycles. The second kappa shape index (κ2) is 10.9. The lowest BCUT2D eigenvalue weighted by Crippen LogP contribution is -2.58. The number of nitrogens with one attached hydrogen (secondary N) is 1. The fraction of sp³-hybridized carbons (Fsp3) is 0.480. The van der Waals surface area contributed by atoms with E-state index >= 15 is 0 Å². The van der Waals surface area contributed by atoms with Gasteiger partial charge in [-0.3, -0.25) is 19.3 Å². The van der Waals surface area contributed by atoms with E-state index in [2.05, 4.69) is 41.3 Å². The quantitative estimate of drug-likeness (QED) is 0.500. The van der Waals surface area contributed by atoms with Crippen LogP contribution >= 0.6 is 23.2 Å². The minimum absolute atomic E-state index is 0.235. The number of aromatic amines is 1. The maximum atomic E-state index is 14.2. The lowest BCUT2D eigenvalue weighted by molar-refractivity contribution is 0.0607. The number of rotatable bonds is 6. The van der Waals surface area contributed by atoms with E-state index in [1.807, 2.05) is 0 Å². The largest absolute Gasteiger partial charge is 0.439 e. The molecule has 0 bridgehead atoms. The predicted molar refractivity (Wildman–Crippen MR) is 138 cm³/mol. The van der Waals surface area contributed by atoms with Crippen molar-refractivity contribution >= 4 is 29.0 Å². The summed E-state index contributed by atoms with van der Waals surface area (Å²) in [7, 11) is 0. The fourth-order valence-electron chi connectivity index (χ4n) is 5.35. The van der Waals surface area contributed by atoms with Gasteiger partial charge in [0.25, 0.3) is 0 Å². The van der Waals surface area contributed by atoms with Gasteiger partial charge >= 0.3 is 5.76 Å². The van der Waals surface area contributed by atoms with E-state index in [9.17, 15) is 9.18 Å². The molecule has 8 nitrogen and oxygen atoms in total. The van der Waals surface area contributed by atoms with Crippen LogP contribution in [0.3, 0.4) is 0 Å². The van der Waals surface area contributed by atoms with Crippen molar-refractivity contribution in [2.24, 2.45) is 0 Å². The molecule has 1 N–H and O–H groups in total. The average Bonchev–Trinajstić information content (AvgIpc) is 3.32. The first-order valence-electron chi connectivity index (χ1n) is 12.3. The molecule has 0 radical (unpaired) electrons. The van der Waals surface area contributed by atoms with Gasteiger partial charge in [-0.1, -0.05) is 41.3 Å². The summed E-state index contributed by atoms with van der Waals surface area (Å²) in [6.07, 6.45) is 4.81. The van der Waals surface area contributed by atoms with E-state index in [-0.39, 0.29) is 5.82 Å². The number of hydrogen-bond acceptors (Lipinski definition) is 7. The number of aromatic nitrogens is 3. The Kier molecular flexibility index (Phi) is 7.62. The van der Waals surface area contributed by atoms with Crippen LogP contribution in [-0.2, 0) is 6.54 Å². The standard InChI is InChI=1S/C25H29Cl2FN6O2/c1-2-19-15-33(24-21(27)11-17(13-29-24)23-30-25(35)36-31-23)9-10-34(19)20-5-7-32(8-6-20)14-16-3-4-18(26)12-22(16)28/h3-4,11-13,19-20H,2,5-10,14-15H2,1H3,(H,30,31,35)/t19-/m0/s1. The first kappa shape index (κ1) is 25.2. The van der Waals surface area contributed by atoms with Gasteiger partial charge in [-0.15, -0.1) is 0 Å². The Labute approximate surface area is 219 Å². The number of piperazine rings is 1. The van der Waals surface area contributed by atoms with Crippen LogP contribution in [0.2, 0.25) is 10.0 Å². The molecule has 0 unspecified atom stereocenters. The number of piperidine rings is 1. The van der Waals surface area contributed by atoms with Crippen LogP contribution in [0, 0.1) is 5.82 Å². The minimum atomic E-state index is -0.616. The zero-order valence-corrected chi connectivity index (χ0v) is 21.6. The highest BCUT2D eigenvalue weighted by molar-refractivity contribution is 6.33. The third kappa shape index (κ3) is 5.44. The molecule has 36 heavy (non-hydrogen) atoms. The molecule has 0 amide bonds. The zero-order chi connectivity index (χ0) is 25.2. The Hall–Kier alpha value is -2.46.